The van der Waals surface area contributed by atoms with Crippen LogP contribution in [0.25, 0.3) is 0 Å². The van der Waals surface area contributed by atoms with E-state index in [-0.39, 0.29) is 18.4 Å². The van der Waals surface area contributed by atoms with Gasteiger partial charge >= 0.3 is 0 Å². The van der Waals surface area contributed by atoms with Crippen molar-refractivity contribution < 1.29 is 9.59 Å². The molecular weight excluding hydrogens is 458 g/mol. The minimum Gasteiger partial charge on any atom is -0.350 e. The molecule has 1 aliphatic rings. The van der Waals surface area contributed by atoms with Crippen LogP contribution >= 0.6 is 0 Å². The van der Waals surface area contributed by atoms with E-state index in [1.165, 1.54) is 30.9 Å². The summed E-state index contributed by atoms with van der Waals surface area (Å²) >= 11 is 0. The van der Waals surface area contributed by atoms with Gasteiger partial charge in [-0.15, -0.1) is 0 Å². The summed E-state index contributed by atoms with van der Waals surface area (Å²) in [7, 11) is 0. The van der Waals surface area contributed by atoms with E-state index in [0.717, 1.165) is 12.1 Å². The third-order valence-electron chi connectivity index (χ3n) is 5.35. The molecule has 5 nitrogen and oxygen atoms in total. The fourth-order valence-corrected chi connectivity index (χ4v) is 3.37. The fraction of sp³-hybridized carbons (Fsp3) is 0.375. The predicted octanol–water partition coefficient (Wildman–Crippen LogP) is 6.20. The lowest BCUT2D eigenvalue weighted by molar-refractivity contribution is -0.124. The molecule has 0 heterocycles. The van der Waals surface area contributed by atoms with Crippen LogP contribution in [0.2, 0.25) is 0 Å². The fourth-order valence-electron chi connectivity index (χ4n) is 3.37. The highest BCUT2D eigenvalue weighted by Gasteiger charge is 2.37. The lowest BCUT2D eigenvalue weighted by Gasteiger charge is -2.07. The number of carbonyl (C=O) groups excluding carboxylic acids is 2. The van der Waals surface area contributed by atoms with E-state index < -0.39 is 0 Å². The molecule has 1 fully saturated rings. The molecule has 0 spiro atoms. The van der Waals surface area contributed by atoms with Gasteiger partial charge in [0.1, 0.15) is 0 Å². The Labute approximate surface area is 225 Å². The molecule has 2 rings (SSSR count). The van der Waals surface area contributed by atoms with Gasteiger partial charge in [-0.3, -0.25) is 9.59 Å². The number of nitrogens with one attached hydrogen (secondary N) is 3. The van der Waals surface area contributed by atoms with Crippen molar-refractivity contribution >= 4 is 11.8 Å². The zero-order valence-corrected chi connectivity index (χ0v) is 23.3. The topological polar surface area (TPSA) is 70.2 Å². The van der Waals surface area contributed by atoms with Crippen LogP contribution in [-0.2, 0) is 16.1 Å². The maximum Gasteiger partial charge on any atom is 0.251 e. The second-order valence-electron chi connectivity index (χ2n) is 8.17. The van der Waals surface area contributed by atoms with Crippen LogP contribution < -0.4 is 16.0 Å². The molecule has 5 heteroatoms. The van der Waals surface area contributed by atoms with Gasteiger partial charge in [0.15, 0.2) is 0 Å². The SMILES string of the molecule is C=C/C=C(\C=C)C1CC1NCCCC.C=C/C=C(\C=C/C)C(=O)NCC(=O)NCc1ccccc1.CC. The number of hydrogen-bond acceptors (Lipinski definition) is 3. The van der Waals surface area contributed by atoms with Crippen LogP contribution in [0.1, 0.15) is 52.5 Å². The average Bonchev–Trinajstić information content (AvgIpc) is 3.70. The van der Waals surface area contributed by atoms with E-state index in [2.05, 4.69) is 48.7 Å². The Bertz CT molecular complexity index is 913. The van der Waals surface area contributed by atoms with Gasteiger partial charge in [-0.2, -0.15) is 0 Å². The Morgan fingerprint density at radius 2 is 1.70 bits per heavy atom. The van der Waals surface area contributed by atoms with Crippen molar-refractivity contribution in [3.63, 3.8) is 0 Å². The predicted molar refractivity (Wildman–Crippen MR) is 159 cm³/mol. The molecule has 3 N–H and O–H groups in total. The molecule has 0 aromatic heterocycles. The van der Waals surface area contributed by atoms with Crippen LogP contribution in [0.4, 0.5) is 0 Å². The lowest BCUT2D eigenvalue weighted by Crippen LogP contribution is -2.37. The van der Waals surface area contributed by atoms with Gasteiger partial charge < -0.3 is 16.0 Å². The summed E-state index contributed by atoms with van der Waals surface area (Å²) in [5.41, 5.74) is 2.80. The molecule has 0 radical (unpaired) electrons. The average molecular weight is 506 g/mol. The van der Waals surface area contributed by atoms with Gasteiger partial charge in [-0.05, 0) is 37.4 Å². The molecule has 2 atom stereocenters. The Morgan fingerprint density at radius 1 is 1.03 bits per heavy atom. The number of hydrogen-bond donors (Lipinski definition) is 3. The van der Waals surface area contributed by atoms with E-state index in [4.69, 9.17) is 0 Å². The minimum atomic E-state index is -0.303. The normalized spacial score (nSPS) is 16.3. The quantitative estimate of drug-likeness (QED) is 0.160. The Hall–Kier alpha value is -3.44. The van der Waals surface area contributed by atoms with E-state index in [1.807, 2.05) is 63.3 Å². The molecule has 2 amide bonds. The van der Waals surface area contributed by atoms with Crippen LogP contribution in [0.5, 0.6) is 0 Å². The summed E-state index contributed by atoms with van der Waals surface area (Å²) < 4.78 is 0. The highest BCUT2D eigenvalue weighted by molar-refractivity contribution is 5.98. The van der Waals surface area contributed by atoms with Crippen LogP contribution in [0.15, 0.2) is 104 Å². The van der Waals surface area contributed by atoms with Gasteiger partial charge in [0, 0.05) is 24.1 Å². The Balaban J connectivity index is 0.000000702. The van der Waals surface area contributed by atoms with Crippen molar-refractivity contribution in [2.24, 2.45) is 5.92 Å². The van der Waals surface area contributed by atoms with Crippen LogP contribution in [0, 0.1) is 5.92 Å². The molecule has 1 aliphatic carbocycles. The summed E-state index contributed by atoms with van der Waals surface area (Å²) in [6.45, 7) is 20.7. The Kier molecular flexibility index (Phi) is 19.8. The third-order valence-corrected chi connectivity index (χ3v) is 5.35. The first kappa shape index (κ1) is 33.6. The van der Waals surface area contributed by atoms with E-state index in [0.29, 0.717) is 24.1 Å². The molecule has 0 bridgehead atoms. The molecule has 2 unspecified atom stereocenters. The van der Waals surface area contributed by atoms with E-state index in [9.17, 15) is 9.59 Å². The molecule has 202 valence electrons. The van der Waals surface area contributed by atoms with Gasteiger partial charge in [0.2, 0.25) is 5.91 Å². The standard InChI is InChI=1S/C17H20N2O2.C13H21N.C2H6/c1-3-8-15(9-4-2)17(21)19-13-16(20)18-12-14-10-6-5-7-11-14;1-4-7-9-14-13-10-12(13)11(6-3)8-5-2;1-2/h3-11H,1,12-13H2,2H3,(H,18,20)(H,19,21);5-6,8,12-14H,2-4,7,9-10H2,1H3;1-2H3/b9-4-,15-8+;11-8+;. The lowest BCUT2D eigenvalue weighted by atomic mass is 10.1. The number of benzene rings is 1. The number of amides is 2. The van der Waals surface area contributed by atoms with Crippen molar-refractivity contribution in [1.82, 2.24) is 16.0 Å². The van der Waals surface area contributed by atoms with Crippen molar-refractivity contribution in [2.45, 2.75) is 59.5 Å². The molecule has 1 aromatic carbocycles. The van der Waals surface area contributed by atoms with Crippen molar-refractivity contribution in [3.8, 4) is 0 Å². The minimum absolute atomic E-state index is 0.0578. The molecule has 0 saturated heterocycles. The number of rotatable bonds is 14. The second kappa shape index (κ2) is 21.8. The van der Waals surface area contributed by atoms with Gasteiger partial charge in [0.05, 0.1) is 6.54 Å². The summed E-state index contributed by atoms with van der Waals surface area (Å²) in [5.74, 6) is 0.149. The monoisotopic (exact) mass is 505 g/mol. The first-order valence-electron chi connectivity index (χ1n) is 13.2. The molecule has 0 aliphatic heterocycles. The van der Waals surface area contributed by atoms with Crippen molar-refractivity contribution in [3.05, 3.63) is 109 Å². The summed E-state index contributed by atoms with van der Waals surface area (Å²) in [4.78, 5) is 23.5. The molecule has 37 heavy (non-hydrogen) atoms. The molecular formula is C32H47N3O2. The second-order valence-corrected chi connectivity index (χ2v) is 8.17. The smallest absolute Gasteiger partial charge is 0.251 e. The Morgan fingerprint density at radius 3 is 2.27 bits per heavy atom. The largest absolute Gasteiger partial charge is 0.350 e. The van der Waals surface area contributed by atoms with Crippen molar-refractivity contribution in [1.29, 1.82) is 0 Å². The van der Waals surface area contributed by atoms with Gasteiger partial charge in [0.25, 0.3) is 5.91 Å². The van der Waals surface area contributed by atoms with Gasteiger partial charge in [-0.1, -0.05) is 120 Å². The summed E-state index contributed by atoms with van der Waals surface area (Å²) in [5, 5.41) is 8.87. The maximum atomic E-state index is 11.8. The highest BCUT2D eigenvalue weighted by Crippen LogP contribution is 2.37. The van der Waals surface area contributed by atoms with E-state index >= 15 is 0 Å². The van der Waals surface area contributed by atoms with E-state index in [1.54, 1.807) is 18.2 Å². The molecule has 1 aromatic rings. The third kappa shape index (κ3) is 15.3. The number of allylic oxidation sites excluding steroid dienone is 6. The summed E-state index contributed by atoms with van der Waals surface area (Å²) in [6.07, 6.45) is 16.2. The first-order chi connectivity index (χ1) is 18.0. The first-order valence-corrected chi connectivity index (χ1v) is 13.2. The zero-order valence-electron chi connectivity index (χ0n) is 23.3. The van der Waals surface area contributed by atoms with Gasteiger partial charge in [-0.25, -0.2) is 0 Å². The summed E-state index contributed by atoms with van der Waals surface area (Å²) in [6, 6.07) is 10.3. The maximum absolute atomic E-state index is 11.8. The van der Waals surface area contributed by atoms with Crippen LogP contribution in [0.3, 0.4) is 0 Å². The highest BCUT2D eigenvalue weighted by atomic mass is 16.2. The van der Waals surface area contributed by atoms with Crippen molar-refractivity contribution in [2.75, 3.05) is 13.1 Å². The van der Waals surface area contributed by atoms with Crippen LogP contribution in [-0.4, -0.2) is 30.9 Å². The molecule has 1 saturated carbocycles. The number of unbranched alkanes of at least 4 members (excludes halogenated alkanes) is 1. The number of carbonyl (C=O) groups is 2. The zero-order chi connectivity index (χ0) is 27.9.